The maximum Gasteiger partial charge on any atom is 0.410 e. The molecule has 1 N–H and O–H groups in total. The number of hydrogen-bond acceptors (Lipinski definition) is 7. The largest absolute Gasteiger partial charge is 0.476 e. The van der Waals surface area contributed by atoms with Gasteiger partial charge in [-0.05, 0) is 37.5 Å². The van der Waals surface area contributed by atoms with E-state index in [1.807, 2.05) is 36.1 Å². The summed E-state index contributed by atoms with van der Waals surface area (Å²) in [5, 5.41) is 2.89. The van der Waals surface area contributed by atoms with Gasteiger partial charge in [0.15, 0.2) is 0 Å². The van der Waals surface area contributed by atoms with Crippen LogP contribution in [0.4, 0.5) is 16.4 Å². The summed E-state index contributed by atoms with van der Waals surface area (Å²) in [7, 11) is 0. The van der Waals surface area contributed by atoms with Gasteiger partial charge in [-0.3, -0.25) is 4.79 Å². The second-order valence-electron chi connectivity index (χ2n) is 7.65. The van der Waals surface area contributed by atoms with Crippen LogP contribution in [-0.2, 0) is 4.74 Å². The predicted molar refractivity (Wildman–Crippen MR) is 122 cm³/mol. The molecular weight excluding hydrogens is 410 g/mol. The van der Waals surface area contributed by atoms with Crippen LogP contribution < -0.4 is 15.0 Å². The number of rotatable bonds is 11. The Hall–Kier alpha value is -3.36. The van der Waals surface area contributed by atoms with Gasteiger partial charge in [-0.25, -0.2) is 9.78 Å². The number of cyclic esters (lactones) is 1. The van der Waals surface area contributed by atoms with E-state index >= 15 is 0 Å². The van der Waals surface area contributed by atoms with Gasteiger partial charge >= 0.3 is 6.09 Å². The number of benzene rings is 1. The lowest BCUT2D eigenvalue weighted by molar-refractivity contribution is 0.102. The van der Waals surface area contributed by atoms with Gasteiger partial charge in [0.25, 0.3) is 5.91 Å². The van der Waals surface area contributed by atoms with Crippen LogP contribution in [0.3, 0.4) is 0 Å². The molecule has 1 aliphatic rings. The fourth-order valence-electron chi connectivity index (χ4n) is 3.40. The van der Waals surface area contributed by atoms with Crippen molar-refractivity contribution in [3.63, 3.8) is 0 Å². The van der Waals surface area contributed by atoms with Crippen LogP contribution in [0.5, 0.6) is 5.88 Å². The van der Waals surface area contributed by atoms with Crippen LogP contribution >= 0.6 is 0 Å². The Labute approximate surface area is 188 Å². The van der Waals surface area contributed by atoms with E-state index in [0.717, 1.165) is 31.5 Å². The Morgan fingerprint density at radius 1 is 1.22 bits per heavy atom. The summed E-state index contributed by atoms with van der Waals surface area (Å²) in [6.45, 7) is 9.25. The number of nitrogens with one attached hydrogen (secondary N) is 1. The SMILES string of the molecule is CCCN(CCC)c1nc(OCCN2CCOC2=O)cc(C(=O)Nc2cccc(C)c2)n1. The van der Waals surface area contributed by atoms with E-state index in [0.29, 0.717) is 37.2 Å². The number of nitrogens with zero attached hydrogens (tertiary/aromatic N) is 4. The summed E-state index contributed by atoms with van der Waals surface area (Å²) in [6, 6.07) is 9.12. The Morgan fingerprint density at radius 3 is 2.66 bits per heavy atom. The van der Waals surface area contributed by atoms with Gasteiger partial charge in [0.2, 0.25) is 11.8 Å². The number of anilines is 2. The highest BCUT2D eigenvalue weighted by molar-refractivity contribution is 6.03. The molecule has 172 valence electrons. The molecule has 1 saturated heterocycles. The highest BCUT2D eigenvalue weighted by atomic mass is 16.6. The third-order valence-electron chi connectivity index (χ3n) is 4.93. The predicted octanol–water partition coefficient (Wildman–Crippen LogP) is 3.49. The van der Waals surface area contributed by atoms with Crippen molar-refractivity contribution in [2.24, 2.45) is 0 Å². The second-order valence-corrected chi connectivity index (χ2v) is 7.65. The molecule has 1 fully saturated rings. The van der Waals surface area contributed by atoms with Crippen LogP contribution in [0.1, 0.15) is 42.7 Å². The number of hydrogen-bond donors (Lipinski definition) is 1. The Balaban J connectivity index is 1.80. The smallest absolute Gasteiger partial charge is 0.410 e. The van der Waals surface area contributed by atoms with Crippen molar-refractivity contribution in [1.82, 2.24) is 14.9 Å². The van der Waals surface area contributed by atoms with Gasteiger partial charge in [-0.15, -0.1) is 0 Å². The van der Waals surface area contributed by atoms with Gasteiger partial charge in [0.1, 0.15) is 18.9 Å². The summed E-state index contributed by atoms with van der Waals surface area (Å²) in [5.41, 5.74) is 1.97. The minimum absolute atomic E-state index is 0.226. The molecule has 1 aromatic heterocycles. The minimum atomic E-state index is -0.340. The molecule has 2 amide bonds. The standard InChI is InChI=1S/C23H31N5O4/c1-4-9-27(10-5-2)22-25-19(21(29)24-18-8-6-7-17(3)15-18)16-20(26-22)31-13-11-28-12-14-32-23(28)30/h6-8,15-16H,4-5,9-14H2,1-3H3,(H,24,29). The normalized spacial score (nSPS) is 13.1. The molecular formula is C23H31N5O4. The topological polar surface area (TPSA) is 96.9 Å². The zero-order valence-corrected chi connectivity index (χ0v) is 19.0. The first-order valence-electron chi connectivity index (χ1n) is 11.1. The molecule has 0 unspecified atom stereocenters. The fourth-order valence-corrected chi connectivity index (χ4v) is 3.40. The number of amides is 2. The van der Waals surface area contributed by atoms with Crippen molar-refractivity contribution < 1.29 is 19.1 Å². The number of aromatic nitrogens is 2. The highest BCUT2D eigenvalue weighted by Gasteiger charge is 2.22. The molecule has 2 heterocycles. The van der Waals surface area contributed by atoms with E-state index in [2.05, 4.69) is 29.1 Å². The number of aryl methyl sites for hydroxylation is 1. The van der Waals surface area contributed by atoms with Gasteiger partial charge in [0.05, 0.1) is 13.1 Å². The van der Waals surface area contributed by atoms with E-state index < -0.39 is 0 Å². The quantitative estimate of drug-likeness (QED) is 0.570. The summed E-state index contributed by atoms with van der Waals surface area (Å²) in [4.78, 5) is 37.2. The molecule has 0 spiro atoms. The van der Waals surface area contributed by atoms with Crippen LogP contribution in [-0.4, -0.2) is 66.3 Å². The van der Waals surface area contributed by atoms with Crippen molar-refractivity contribution >= 4 is 23.6 Å². The Kier molecular flexibility index (Phi) is 8.24. The van der Waals surface area contributed by atoms with Crippen LogP contribution in [0.2, 0.25) is 0 Å². The Morgan fingerprint density at radius 2 is 2.00 bits per heavy atom. The molecule has 9 heteroatoms. The van der Waals surface area contributed by atoms with Gasteiger partial charge in [0, 0.05) is 24.8 Å². The molecule has 0 atom stereocenters. The molecule has 3 rings (SSSR count). The molecule has 0 radical (unpaired) electrons. The van der Waals surface area contributed by atoms with Crippen molar-refractivity contribution in [1.29, 1.82) is 0 Å². The third-order valence-corrected chi connectivity index (χ3v) is 4.93. The maximum absolute atomic E-state index is 12.9. The summed E-state index contributed by atoms with van der Waals surface area (Å²) < 4.78 is 10.8. The minimum Gasteiger partial charge on any atom is -0.476 e. The molecule has 1 aliphatic heterocycles. The van der Waals surface area contributed by atoms with Gasteiger partial charge < -0.3 is 24.6 Å². The molecule has 32 heavy (non-hydrogen) atoms. The van der Waals surface area contributed by atoms with Crippen molar-refractivity contribution in [2.75, 3.05) is 49.6 Å². The highest BCUT2D eigenvalue weighted by Crippen LogP contribution is 2.19. The number of carbonyl (C=O) groups is 2. The van der Waals surface area contributed by atoms with Gasteiger partial charge in [-0.1, -0.05) is 26.0 Å². The zero-order valence-electron chi connectivity index (χ0n) is 19.0. The first kappa shape index (κ1) is 23.3. The van der Waals surface area contributed by atoms with E-state index in [4.69, 9.17) is 9.47 Å². The average molecular weight is 442 g/mol. The molecule has 0 bridgehead atoms. The summed E-state index contributed by atoms with van der Waals surface area (Å²) in [6.07, 6.45) is 1.51. The van der Waals surface area contributed by atoms with E-state index in [1.54, 1.807) is 4.90 Å². The number of ether oxygens (including phenoxy) is 2. The van der Waals surface area contributed by atoms with E-state index in [1.165, 1.54) is 6.07 Å². The Bertz CT molecular complexity index is 930. The fraction of sp³-hybridized carbons (Fsp3) is 0.478. The lowest BCUT2D eigenvalue weighted by atomic mass is 10.2. The lowest BCUT2D eigenvalue weighted by Gasteiger charge is -2.22. The summed E-state index contributed by atoms with van der Waals surface area (Å²) >= 11 is 0. The first-order valence-corrected chi connectivity index (χ1v) is 11.1. The summed E-state index contributed by atoms with van der Waals surface area (Å²) in [5.74, 6) is 0.426. The third kappa shape index (κ3) is 6.32. The van der Waals surface area contributed by atoms with Crippen molar-refractivity contribution in [3.8, 4) is 5.88 Å². The monoisotopic (exact) mass is 441 g/mol. The van der Waals surface area contributed by atoms with E-state index in [9.17, 15) is 9.59 Å². The van der Waals surface area contributed by atoms with Crippen molar-refractivity contribution in [2.45, 2.75) is 33.6 Å². The molecule has 1 aromatic carbocycles. The molecule has 2 aromatic rings. The molecule has 0 aliphatic carbocycles. The molecule has 9 nitrogen and oxygen atoms in total. The second kappa shape index (κ2) is 11.3. The number of carbonyl (C=O) groups excluding carboxylic acids is 2. The van der Waals surface area contributed by atoms with E-state index in [-0.39, 0.29) is 24.3 Å². The van der Waals surface area contributed by atoms with Crippen LogP contribution in [0.15, 0.2) is 30.3 Å². The van der Waals surface area contributed by atoms with Crippen LogP contribution in [0, 0.1) is 6.92 Å². The van der Waals surface area contributed by atoms with Crippen LogP contribution in [0.25, 0.3) is 0 Å². The first-order chi connectivity index (χ1) is 15.5. The lowest BCUT2D eigenvalue weighted by Crippen LogP contribution is -2.30. The maximum atomic E-state index is 12.9. The van der Waals surface area contributed by atoms with Crippen molar-refractivity contribution in [3.05, 3.63) is 41.6 Å². The zero-order chi connectivity index (χ0) is 22.9. The van der Waals surface area contributed by atoms with Gasteiger partial charge in [-0.2, -0.15) is 4.98 Å². The average Bonchev–Trinajstić information content (AvgIpc) is 3.18. The molecule has 0 saturated carbocycles.